The lowest BCUT2D eigenvalue weighted by Gasteiger charge is -2.32. The fourth-order valence-electron chi connectivity index (χ4n) is 2.21. The molecule has 3 atom stereocenters. The van der Waals surface area contributed by atoms with Gasteiger partial charge < -0.3 is 15.2 Å². The third-order valence-corrected chi connectivity index (χ3v) is 3.80. The van der Waals surface area contributed by atoms with E-state index in [4.69, 9.17) is 4.74 Å². The summed E-state index contributed by atoms with van der Waals surface area (Å²) in [6, 6.07) is 1.56. The van der Waals surface area contributed by atoms with Crippen LogP contribution in [0.5, 0.6) is 0 Å². The zero-order valence-electron chi connectivity index (χ0n) is 12.9. The van der Waals surface area contributed by atoms with E-state index in [0.29, 0.717) is 18.4 Å². The third kappa shape index (κ3) is 3.61. The van der Waals surface area contributed by atoms with Crippen LogP contribution in [0.4, 0.5) is 5.82 Å². The van der Waals surface area contributed by atoms with E-state index in [-0.39, 0.29) is 17.8 Å². The van der Waals surface area contributed by atoms with E-state index in [1.807, 2.05) is 0 Å². The van der Waals surface area contributed by atoms with Gasteiger partial charge in [0.25, 0.3) is 5.91 Å². The number of ether oxygens (including phenoxy) is 1. The number of anilines is 1. The van der Waals surface area contributed by atoms with Gasteiger partial charge in [-0.2, -0.15) is 4.98 Å². The van der Waals surface area contributed by atoms with Gasteiger partial charge in [0.1, 0.15) is 12.0 Å². The molecule has 1 aromatic heterocycles. The number of rotatable bonds is 3. The van der Waals surface area contributed by atoms with Gasteiger partial charge in [-0.05, 0) is 39.7 Å². The summed E-state index contributed by atoms with van der Waals surface area (Å²) >= 11 is 0. The van der Waals surface area contributed by atoms with Crippen molar-refractivity contribution in [2.24, 2.45) is 0 Å². The summed E-state index contributed by atoms with van der Waals surface area (Å²) in [5.74, 6) is -0.0887. The van der Waals surface area contributed by atoms with Crippen LogP contribution in [-0.2, 0) is 9.53 Å². The predicted molar refractivity (Wildman–Crippen MR) is 81.4 cm³/mol. The van der Waals surface area contributed by atoms with Crippen LogP contribution in [0, 0.1) is 0 Å². The number of carbonyl (C=O) groups excluding carboxylic acids is 1. The molecular formula is C15H21N3O4. The number of nitrogens with zero attached hydrogens (tertiary/aromatic N) is 2. The number of hydrogen-bond donors (Lipinski definition) is 2. The van der Waals surface area contributed by atoms with Gasteiger partial charge in [0, 0.05) is 11.8 Å². The molecule has 2 rings (SSSR count). The monoisotopic (exact) mass is 307 g/mol. The van der Waals surface area contributed by atoms with E-state index in [1.165, 1.54) is 4.57 Å². The molecule has 7 nitrogen and oxygen atoms in total. The van der Waals surface area contributed by atoms with Gasteiger partial charge in [0.2, 0.25) is 0 Å². The first-order valence-corrected chi connectivity index (χ1v) is 7.29. The number of hydrogen-bond acceptors (Lipinski definition) is 5. The smallest absolute Gasteiger partial charge is 0.351 e. The van der Waals surface area contributed by atoms with Crippen LogP contribution in [0.1, 0.15) is 39.8 Å². The minimum atomic E-state index is -0.512. The van der Waals surface area contributed by atoms with Crippen molar-refractivity contribution in [3.63, 3.8) is 0 Å². The van der Waals surface area contributed by atoms with Crippen LogP contribution in [0.2, 0.25) is 0 Å². The Hall–Kier alpha value is -1.99. The molecule has 7 heteroatoms. The van der Waals surface area contributed by atoms with Crippen LogP contribution >= 0.6 is 0 Å². The molecule has 1 amide bonds. The highest BCUT2D eigenvalue weighted by Crippen LogP contribution is 2.25. The molecule has 1 saturated heterocycles. The van der Waals surface area contributed by atoms with Gasteiger partial charge in [0.05, 0.1) is 12.2 Å². The molecule has 0 unspecified atom stereocenters. The van der Waals surface area contributed by atoms with Crippen LogP contribution in [0.3, 0.4) is 0 Å². The van der Waals surface area contributed by atoms with Gasteiger partial charge in [-0.1, -0.05) is 6.08 Å². The van der Waals surface area contributed by atoms with E-state index in [2.05, 4.69) is 10.3 Å². The molecule has 120 valence electrons. The van der Waals surface area contributed by atoms with E-state index in [0.717, 1.165) is 0 Å². The highest BCUT2D eigenvalue weighted by atomic mass is 16.5. The van der Waals surface area contributed by atoms with Gasteiger partial charge >= 0.3 is 5.69 Å². The van der Waals surface area contributed by atoms with Crippen LogP contribution in [0.25, 0.3) is 0 Å². The lowest BCUT2D eigenvalue weighted by Crippen LogP contribution is -2.39. The van der Waals surface area contributed by atoms with Gasteiger partial charge in [-0.3, -0.25) is 9.36 Å². The average Bonchev–Trinajstić information content (AvgIpc) is 2.49. The number of allylic oxidation sites excluding steroid dienone is 1. The molecule has 0 aromatic carbocycles. The van der Waals surface area contributed by atoms with Crippen molar-refractivity contribution in [2.45, 2.75) is 52.0 Å². The Morgan fingerprint density at radius 3 is 2.86 bits per heavy atom. The molecule has 1 aromatic rings. The minimum Gasteiger partial charge on any atom is -0.390 e. The second-order valence-corrected chi connectivity index (χ2v) is 5.37. The quantitative estimate of drug-likeness (QED) is 0.819. The summed E-state index contributed by atoms with van der Waals surface area (Å²) in [6.07, 6.45) is 3.04. The largest absolute Gasteiger partial charge is 0.390 e. The molecule has 0 saturated carbocycles. The molecule has 2 heterocycles. The fourth-order valence-corrected chi connectivity index (χ4v) is 2.21. The lowest BCUT2D eigenvalue weighted by molar-refractivity contribution is -0.139. The molecule has 0 bridgehead atoms. The third-order valence-electron chi connectivity index (χ3n) is 3.80. The highest BCUT2D eigenvalue weighted by molar-refractivity contribution is 6.02. The van der Waals surface area contributed by atoms with Gasteiger partial charge in [0.15, 0.2) is 0 Å². The summed E-state index contributed by atoms with van der Waals surface area (Å²) in [7, 11) is 0. The first-order valence-electron chi connectivity index (χ1n) is 7.29. The Balaban J connectivity index is 2.13. The maximum Gasteiger partial charge on any atom is 0.351 e. The molecule has 0 aliphatic carbocycles. The summed E-state index contributed by atoms with van der Waals surface area (Å²) in [4.78, 5) is 27.7. The molecule has 1 fully saturated rings. The van der Waals surface area contributed by atoms with E-state index in [1.54, 1.807) is 39.1 Å². The van der Waals surface area contributed by atoms with Gasteiger partial charge in [-0.25, -0.2) is 4.79 Å². The first kappa shape index (κ1) is 16.4. The van der Waals surface area contributed by atoms with Crippen molar-refractivity contribution in [1.29, 1.82) is 0 Å². The lowest BCUT2D eigenvalue weighted by atomic mass is 10.1. The Labute approximate surface area is 128 Å². The van der Waals surface area contributed by atoms with Crippen molar-refractivity contribution in [3.8, 4) is 0 Å². The summed E-state index contributed by atoms with van der Waals surface area (Å²) in [5.41, 5.74) is 0.0499. The minimum absolute atomic E-state index is 0.205. The normalized spacial score (nSPS) is 25.8. The maximum absolute atomic E-state index is 12.1. The summed E-state index contributed by atoms with van der Waals surface area (Å²) < 4.78 is 6.99. The fraction of sp³-hybridized carbons (Fsp3) is 0.533. The topological polar surface area (TPSA) is 93.5 Å². The molecule has 1 aliphatic heterocycles. The van der Waals surface area contributed by atoms with E-state index >= 15 is 0 Å². The standard InChI is InChI=1S/C15H21N3O4/c1-4-9(2)14(20)16-12-7-8-18(15(21)17-12)13-6-5-11(19)10(3)22-13/h4,7-8,10-11,13,19H,5-6H2,1-3H3,(H,16,17,20,21)/b9-4+/t10-,11+,13-/m1/s1. The number of nitrogens with one attached hydrogen (secondary N) is 1. The first-order chi connectivity index (χ1) is 10.4. The molecule has 0 spiro atoms. The Morgan fingerprint density at radius 1 is 1.55 bits per heavy atom. The van der Waals surface area contributed by atoms with Crippen molar-refractivity contribution in [1.82, 2.24) is 9.55 Å². The van der Waals surface area contributed by atoms with Crippen LogP contribution < -0.4 is 11.0 Å². The molecule has 22 heavy (non-hydrogen) atoms. The maximum atomic E-state index is 12.1. The number of aliphatic hydroxyl groups is 1. The van der Waals surface area contributed by atoms with Crippen molar-refractivity contribution < 1.29 is 14.6 Å². The predicted octanol–water partition coefficient (Wildman–Crippen LogP) is 1.21. The molecular weight excluding hydrogens is 286 g/mol. The molecule has 2 N–H and O–H groups in total. The SMILES string of the molecule is C/C=C(\C)C(=O)Nc1ccn([C@H]2CC[C@H](O)[C@@H](C)O2)c(=O)n1. The van der Waals surface area contributed by atoms with Crippen molar-refractivity contribution >= 4 is 11.7 Å². The second-order valence-electron chi connectivity index (χ2n) is 5.37. The average molecular weight is 307 g/mol. The number of aromatic nitrogens is 2. The van der Waals surface area contributed by atoms with E-state index < -0.39 is 18.0 Å². The van der Waals surface area contributed by atoms with Crippen molar-refractivity contribution in [3.05, 3.63) is 34.4 Å². The number of carbonyl (C=O) groups is 1. The highest BCUT2D eigenvalue weighted by Gasteiger charge is 2.28. The zero-order chi connectivity index (χ0) is 16.3. The molecule has 1 aliphatic rings. The Bertz CT molecular complexity index is 638. The van der Waals surface area contributed by atoms with E-state index in [9.17, 15) is 14.7 Å². The van der Waals surface area contributed by atoms with Gasteiger partial charge in [-0.15, -0.1) is 0 Å². The molecule has 0 radical (unpaired) electrons. The Kier molecular flexibility index (Phi) is 5.10. The Morgan fingerprint density at radius 2 is 2.27 bits per heavy atom. The van der Waals surface area contributed by atoms with Crippen molar-refractivity contribution in [2.75, 3.05) is 5.32 Å². The second kappa shape index (κ2) is 6.85. The van der Waals surface area contributed by atoms with Crippen LogP contribution in [-0.4, -0.2) is 32.8 Å². The zero-order valence-corrected chi connectivity index (χ0v) is 12.9. The van der Waals surface area contributed by atoms with Crippen LogP contribution in [0.15, 0.2) is 28.7 Å². The summed E-state index contributed by atoms with van der Waals surface area (Å²) in [5, 5.41) is 12.2. The number of aliphatic hydroxyl groups excluding tert-OH is 1. The summed E-state index contributed by atoms with van der Waals surface area (Å²) in [6.45, 7) is 5.21. The number of amides is 1.